The van der Waals surface area contributed by atoms with E-state index in [2.05, 4.69) is 10.1 Å². The number of hydrogen-bond acceptors (Lipinski definition) is 4. The number of fused-ring (bicyclic) bond motifs is 1. The summed E-state index contributed by atoms with van der Waals surface area (Å²) in [4.78, 5) is 16.0. The van der Waals surface area contributed by atoms with E-state index in [0.29, 0.717) is 17.7 Å². The van der Waals surface area contributed by atoms with Crippen molar-refractivity contribution in [3.63, 3.8) is 0 Å². The normalized spacial score (nSPS) is 11.0. The van der Waals surface area contributed by atoms with Crippen LogP contribution in [0.25, 0.3) is 22.2 Å². The standard InChI is InChI=1S/C23H22N4O2/c1-4-15-11-16(5-7-20(15)23(24)28)21-12-18(9-10-25-21)29-17-6-8-19-14(2)26-27(3)22(19)13-17/h5-13H,4H2,1-3H3,(H2,24,28). The molecular formula is C23H22N4O2. The number of nitrogens with zero attached hydrogens (tertiary/aromatic N) is 3. The highest BCUT2D eigenvalue weighted by Crippen LogP contribution is 2.29. The van der Waals surface area contributed by atoms with Gasteiger partial charge in [-0.2, -0.15) is 5.10 Å². The SMILES string of the molecule is CCc1cc(-c2cc(Oc3ccc4c(C)nn(C)c4c3)ccn2)ccc1C(N)=O. The maximum atomic E-state index is 11.6. The fraction of sp³-hybridized carbons (Fsp3) is 0.174. The lowest BCUT2D eigenvalue weighted by atomic mass is 9.99. The Balaban J connectivity index is 1.66. The van der Waals surface area contributed by atoms with Gasteiger partial charge in [-0.3, -0.25) is 14.5 Å². The topological polar surface area (TPSA) is 83.0 Å². The number of rotatable bonds is 5. The molecule has 6 nitrogen and oxygen atoms in total. The van der Waals surface area contributed by atoms with Crippen LogP contribution in [0.15, 0.2) is 54.7 Å². The molecule has 2 aromatic heterocycles. The molecule has 0 atom stereocenters. The van der Waals surface area contributed by atoms with Gasteiger partial charge in [-0.15, -0.1) is 0 Å². The van der Waals surface area contributed by atoms with Crippen molar-refractivity contribution in [3.05, 3.63) is 71.5 Å². The number of aryl methyl sites for hydroxylation is 3. The molecule has 0 bridgehead atoms. The van der Waals surface area contributed by atoms with E-state index in [4.69, 9.17) is 10.5 Å². The molecule has 0 saturated carbocycles. The number of carbonyl (C=O) groups is 1. The molecule has 4 rings (SSSR count). The molecule has 146 valence electrons. The van der Waals surface area contributed by atoms with Gasteiger partial charge in [-0.25, -0.2) is 0 Å². The quantitative estimate of drug-likeness (QED) is 0.551. The van der Waals surface area contributed by atoms with Gasteiger partial charge in [0, 0.05) is 41.9 Å². The minimum atomic E-state index is -0.417. The number of nitrogens with two attached hydrogens (primary N) is 1. The average molecular weight is 386 g/mol. The summed E-state index contributed by atoms with van der Waals surface area (Å²) in [5.41, 5.74) is 10.6. The lowest BCUT2D eigenvalue weighted by Crippen LogP contribution is -2.13. The largest absolute Gasteiger partial charge is 0.457 e. The van der Waals surface area contributed by atoms with Crippen LogP contribution >= 0.6 is 0 Å². The van der Waals surface area contributed by atoms with Gasteiger partial charge in [0.15, 0.2) is 0 Å². The van der Waals surface area contributed by atoms with Crippen LogP contribution in [0, 0.1) is 6.92 Å². The smallest absolute Gasteiger partial charge is 0.248 e. The van der Waals surface area contributed by atoms with Gasteiger partial charge in [-0.1, -0.05) is 13.0 Å². The molecule has 0 spiro atoms. The van der Waals surface area contributed by atoms with Crippen LogP contribution in [-0.2, 0) is 13.5 Å². The Bertz CT molecular complexity index is 1230. The first kappa shape index (κ1) is 18.7. The van der Waals surface area contributed by atoms with E-state index < -0.39 is 5.91 Å². The molecule has 0 aliphatic rings. The van der Waals surface area contributed by atoms with Crippen molar-refractivity contribution in [2.45, 2.75) is 20.3 Å². The zero-order valence-electron chi connectivity index (χ0n) is 16.6. The van der Waals surface area contributed by atoms with E-state index in [1.54, 1.807) is 12.3 Å². The van der Waals surface area contributed by atoms with Crippen LogP contribution in [0.1, 0.15) is 28.5 Å². The van der Waals surface area contributed by atoms with E-state index >= 15 is 0 Å². The molecule has 0 saturated heterocycles. The summed E-state index contributed by atoms with van der Waals surface area (Å²) in [5, 5.41) is 5.55. The van der Waals surface area contributed by atoms with Crippen molar-refractivity contribution in [1.82, 2.24) is 14.8 Å². The number of benzene rings is 2. The Morgan fingerprint density at radius 2 is 1.90 bits per heavy atom. The maximum Gasteiger partial charge on any atom is 0.248 e. The maximum absolute atomic E-state index is 11.6. The van der Waals surface area contributed by atoms with Gasteiger partial charge in [0.1, 0.15) is 11.5 Å². The van der Waals surface area contributed by atoms with Crippen molar-refractivity contribution in [1.29, 1.82) is 0 Å². The molecule has 0 unspecified atom stereocenters. The Kier molecular flexibility index (Phi) is 4.76. The average Bonchev–Trinajstić information content (AvgIpc) is 3.00. The number of pyridine rings is 1. The monoisotopic (exact) mass is 386 g/mol. The summed E-state index contributed by atoms with van der Waals surface area (Å²) in [5.74, 6) is 1.00. The van der Waals surface area contributed by atoms with Gasteiger partial charge in [-0.05, 0) is 49.2 Å². The van der Waals surface area contributed by atoms with Crippen molar-refractivity contribution in [2.75, 3.05) is 0 Å². The molecular weight excluding hydrogens is 364 g/mol. The first-order chi connectivity index (χ1) is 14.0. The summed E-state index contributed by atoms with van der Waals surface area (Å²) >= 11 is 0. The number of hydrogen-bond donors (Lipinski definition) is 1. The third kappa shape index (κ3) is 3.57. The predicted octanol–water partition coefficient (Wildman–Crippen LogP) is 4.40. The minimum absolute atomic E-state index is 0.417. The summed E-state index contributed by atoms with van der Waals surface area (Å²) in [6.45, 7) is 3.99. The van der Waals surface area contributed by atoms with Crippen LogP contribution in [0.2, 0.25) is 0 Å². The molecule has 6 heteroatoms. The third-order valence-corrected chi connectivity index (χ3v) is 5.02. The molecule has 2 heterocycles. The molecule has 0 radical (unpaired) electrons. The van der Waals surface area contributed by atoms with Crippen LogP contribution in [0.5, 0.6) is 11.5 Å². The molecule has 1 amide bonds. The number of carbonyl (C=O) groups excluding carboxylic acids is 1. The Morgan fingerprint density at radius 3 is 2.66 bits per heavy atom. The van der Waals surface area contributed by atoms with Crippen LogP contribution in [0.4, 0.5) is 0 Å². The van der Waals surface area contributed by atoms with Gasteiger partial charge in [0.05, 0.1) is 16.9 Å². The van der Waals surface area contributed by atoms with Gasteiger partial charge in [0.25, 0.3) is 0 Å². The molecule has 2 N–H and O–H groups in total. The Hall–Kier alpha value is -3.67. The predicted molar refractivity (Wildman–Crippen MR) is 113 cm³/mol. The lowest BCUT2D eigenvalue weighted by Gasteiger charge is -2.10. The van der Waals surface area contributed by atoms with E-state index in [9.17, 15) is 4.79 Å². The fourth-order valence-electron chi connectivity index (χ4n) is 3.54. The van der Waals surface area contributed by atoms with E-state index in [-0.39, 0.29) is 0 Å². The van der Waals surface area contributed by atoms with Crippen molar-refractivity contribution < 1.29 is 9.53 Å². The lowest BCUT2D eigenvalue weighted by molar-refractivity contribution is 0.0999. The molecule has 0 fully saturated rings. The summed E-state index contributed by atoms with van der Waals surface area (Å²) in [6, 6.07) is 15.2. The molecule has 0 aliphatic heterocycles. The number of primary amides is 1. The Labute approximate surface area is 168 Å². The zero-order chi connectivity index (χ0) is 20.5. The molecule has 0 aliphatic carbocycles. The highest BCUT2D eigenvalue weighted by atomic mass is 16.5. The van der Waals surface area contributed by atoms with Crippen molar-refractivity contribution in [2.24, 2.45) is 12.8 Å². The highest BCUT2D eigenvalue weighted by Gasteiger charge is 2.11. The van der Waals surface area contributed by atoms with Gasteiger partial charge >= 0.3 is 0 Å². The second kappa shape index (κ2) is 7.39. The van der Waals surface area contributed by atoms with E-state index in [1.807, 2.05) is 68.0 Å². The van der Waals surface area contributed by atoms with E-state index in [0.717, 1.165) is 39.2 Å². The van der Waals surface area contributed by atoms with Crippen molar-refractivity contribution >= 4 is 16.8 Å². The summed E-state index contributed by atoms with van der Waals surface area (Å²) in [7, 11) is 1.92. The molecule has 4 aromatic rings. The summed E-state index contributed by atoms with van der Waals surface area (Å²) < 4.78 is 7.93. The summed E-state index contributed by atoms with van der Waals surface area (Å²) in [6.07, 6.45) is 2.43. The molecule has 29 heavy (non-hydrogen) atoms. The van der Waals surface area contributed by atoms with Gasteiger partial charge < -0.3 is 10.5 Å². The van der Waals surface area contributed by atoms with Crippen LogP contribution < -0.4 is 10.5 Å². The van der Waals surface area contributed by atoms with Crippen LogP contribution in [-0.4, -0.2) is 20.7 Å². The molecule has 2 aromatic carbocycles. The zero-order valence-corrected chi connectivity index (χ0v) is 16.6. The number of aromatic nitrogens is 3. The second-order valence-electron chi connectivity index (χ2n) is 6.96. The second-order valence-corrected chi connectivity index (χ2v) is 6.96. The fourth-order valence-corrected chi connectivity index (χ4v) is 3.54. The minimum Gasteiger partial charge on any atom is -0.457 e. The Morgan fingerprint density at radius 1 is 1.10 bits per heavy atom. The van der Waals surface area contributed by atoms with Gasteiger partial charge in [0.2, 0.25) is 5.91 Å². The first-order valence-electron chi connectivity index (χ1n) is 9.46. The number of amides is 1. The highest BCUT2D eigenvalue weighted by molar-refractivity contribution is 5.95. The van der Waals surface area contributed by atoms with E-state index in [1.165, 1.54) is 0 Å². The number of ether oxygens (including phenoxy) is 1. The first-order valence-corrected chi connectivity index (χ1v) is 9.46. The third-order valence-electron chi connectivity index (χ3n) is 5.02. The van der Waals surface area contributed by atoms with Crippen LogP contribution in [0.3, 0.4) is 0 Å². The van der Waals surface area contributed by atoms with Crippen molar-refractivity contribution in [3.8, 4) is 22.8 Å².